The average Bonchev–Trinajstić information content (AvgIpc) is 3.20. The van der Waals surface area contributed by atoms with E-state index in [2.05, 4.69) is 39.3 Å². The summed E-state index contributed by atoms with van der Waals surface area (Å²) in [7, 11) is 0. The number of hydrogen-bond acceptors (Lipinski definition) is 2. The number of rotatable bonds is 1. The number of nitrogens with zero attached hydrogens (tertiary/aromatic N) is 2. The van der Waals surface area contributed by atoms with E-state index in [1.54, 1.807) is 3.93 Å². The van der Waals surface area contributed by atoms with Crippen molar-refractivity contribution in [2.24, 2.45) is 11.8 Å². The van der Waals surface area contributed by atoms with Gasteiger partial charge in [0.15, 0.2) is 0 Å². The van der Waals surface area contributed by atoms with Crippen LogP contribution in [0, 0.1) is 11.8 Å². The van der Waals surface area contributed by atoms with Crippen LogP contribution in [0.5, 0.6) is 0 Å². The molecule has 0 bridgehead atoms. The number of amides is 1. The number of halogens is 1. The first-order valence-electron chi connectivity index (χ1n) is 7.88. The van der Waals surface area contributed by atoms with E-state index in [-0.39, 0.29) is 5.91 Å². The van der Waals surface area contributed by atoms with Crippen molar-refractivity contribution >= 4 is 39.0 Å². The Balaban J connectivity index is 1.77. The SMILES string of the molecule is O=C1C2=CC(C3CC3)C3CCCN3c3cccc(c32)N1Br. The molecule has 2 unspecified atom stereocenters. The number of anilines is 2. The largest absolute Gasteiger partial charge is 0.367 e. The third-order valence-electron chi connectivity index (χ3n) is 5.49. The number of hydrogen-bond donors (Lipinski definition) is 0. The summed E-state index contributed by atoms with van der Waals surface area (Å²) < 4.78 is 1.64. The molecule has 108 valence electrons. The highest BCUT2D eigenvalue weighted by molar-refractivity contribution is 9.10. The molecule has 5 rings (SSSR count). The van der Waals surface area contributed by atoms with Gasteiger partial charge in [0.2, 0.25) is 0 Å². The van der Waals surface area contributed by atoms with Crippen molar-refractivity contribution in [3.8, 4) is 0 Å². The first-order chi connectivity index (χ1) is 10.3. The molecule has 1 saturated heterocycles. The second-order valence-electron chi connectivity index (χ2n) is 6.66. The van der Waals surface area contributed by atoms with Crippen LogP contribution in [0.25, 0.3) is 5.57 Å². The van der Waals surface area contributed by atoms with Gasteiger partial charge >= 0.3 is 0 Å². The van der Waals surface area contributed by atoms with Gasteiger partial charge in [-0.05, 0) is 43.7 Å². The number of carbonyl (C=O) groups is 1. The van der Waals surface area contributed by atoms with Crippen molar-refractivity contribution in [3.05, 3.63) is 29.8 Å². The predicted molar refractivity (Wildman–Crippen MR) is 87.4 cm³/mol. The standard InChI is InChI=1S/C17H17BrN2O/c18-20-15-4-1-3-14-16(15)12(17(20)21)9-11(10-6-7-10)13-5-2-8-19(13)14/h1,3-4,9-11,13H,2,5-8H2. The first kappa shape index (κ1) is 12.3. The van der Waals surface area contributed by atoms with Gasteiger partial charge in [-0.25, -0.2) is 3.93 Å². The van der Waals surface area contributed by atoms with Crippen LogP contribution >= 0.6 is 16.1 Å². The van der Waals surface area contributed by atoms with Crippen LogP contribution in [0.15, 0.2) is 24.3 Å². The maximum Gasteiger partial charge on any atom is 0.268 e. The molecule has 1 amide bonds. The summed E-state index contributed by atoms with van der Waals surface area (Å²) in [5.74, 6) is 1.44. The molecule has 3 nitrogen and oxygen atoms in total. The Kier molecular flexibility index (Phi) is 2.41. The Morgan fingerprint density at radius 2 is 1.95 bits per heavy atom. The second-order valence-corrected chi connectivity index (χ2v) is 7.36. The molecule has 0 spiro atoms. The highest BCUT2D eigenvalue weighted by atomic mass is 79.9. The Morgan fingerprint density at radius 3 is 2.76 bits per heavy atom. The fourth-order valence-electron chi connectivity index (χ4n) is 4.41. The minimum atomic E-state index is 0.101. The Morgan fingerprint density at radius 1 is 1.14 bits per heavy atom. The van der Waals surface area contributed by atoms with Crippen molar-refractivity contribution in [1.29, 1.82) is 0 Å². The van der Waals surface area contributed by atoms with E-state index in [0.29, 0.717) is 12.0 Å². The maximum atomic E-state index is 12.6. The number of benzene rings is 1. The molecule has 1 aliphatic carbocycles. The van der Waals surface area contributed by atoms with E-state index in [0.717, 1.165) is 29.3 Å². The third kappa shape index (κ3) is 1.57. The zero-order valence-corrected chi connectivity index (χ0v) is 13.3. The zero-order chi connectivity index (χ0) is 14.1. The van der Waals surface area contributed by atoms with Gasteiger partial charge in [0.05, 0.1) is 21.8 Å². The van der Waals surface area contributed by atoms with Crippen LogP contribution in [0.2, 0.25) is 0 Å². The number of carbonyl (C=O) groups excluding carboxylic acids is 1. The zero-order valence-electron chi connectivity index (χ0n) is 11.8. The van der Waals surface area contributed by atoms with Gasteiger partial charge in [-0.3, -0.25) is 4.79 Å². The normalized spacial score (nSPS) is 30.1. The third-order valence-corrected chi connectivity index (χ3v) is 6.19. The van der Waals surface area contributed by atoms with Gasteiger partial charge < -0.3 is 4.90 Å². The monoisotopic (exact) mass is 344 g/mol. The fraction of sp³-hybridized carbons (Fsp3) is 0.471. The van der Waals surface area contributed by atoms with Gasteiger partial charge in [0, 0.05) is 35.3 Å². The van der Waals surface area contributed by atoms with Crippen molar-refractivity contribution in [3.63, 3.8) is 0 Å². The molecule has 2 fully saturated rings. The van der Waals surface area contributed by atoms with E-state index >= 15 is 0 Å². The van der Waals surface area contributed by atoms with Crippen LogP contribution in [0.1, 0.15) is 31.2 Å². The molecule has 1 aromatic rings. The summed E-state index contributed by atoms with van der Waals surface area (Å²) in [4.78, 5) is 15.2. The number of fused-ring (bicyclic) bond motifs is 2. The maximum absolute atomic E-state index is 12.6. The minimum Gasteiger partial charge on any atom is -0.367 e. The van der Waals surface area contributed by atoms with Crippen LogP contribution in [-0.4, -0.2) is 18.5 Å². The summed E-state index contributed by atoms with van der Waals surface area (Å²) >= 11 is 3.44. The molecule has 1 aromatic carbocycles. The molecule has 21 heavy (non-hydrogen) atoms. The molecule has 4 heteroatoms. The summed E-state index contributed by atoms with van der Waals surface area (Å²) in [6.07, 6.45) is 7.50. The fourth-order valence-corrected chi connectivity index (χ4v) is 4.90. The molecule has 2 atom stereocenters. The molecular weight excluding hydrogens is 328 g/mol. The first-order valence-corrected chi connectivity index (χ1v) is 8.59. The van der Waals surface area contributed by atoms with Crippen molar-refractivity contribution in [2.75, 3.05) is 15.4 Å². The van der Waals surface area contributed by atoms with Crippen LogP contribution in [0.4, 0.5) is 11.4 Å². The molecule has 0 N–H and O–H groups in total. The molecular formula is C17H17BrN2O. The predicted octanol–water partition coefficient (Wildman–Crippen LogP) is 3.74. The summed E-state index contributed by atoms with van der Waals surface area (Å²) in [6.45, 7) is 1.13. The Labute approximate surface area is 132 Å². The Bertz CT molecular complexity index is 679. The highest BCUT2D eigenvalue weighted by Crippen LogP contribution is 2.52. The second kappa shape index (κ2) is 4.13. The van der Waals surface area contributed by atoms with Crippen molar-refractivity contribution < 1.29 is 4.79 Å². The van der Waals surface area contributed by atoms with Gasteiger partial charge in [-0.15, -0.1) is 0 Å². The summed E-state index contributed by atoms with van der Waals surface area (Å²) in [6, 6.07) is 6.90. The van der Waals surface area contributed by atoms with E-state index in [4.69, 9.17) is 0 Å². The van der Waals surface area contributed by atoms with Gasteiger partial charge in [-0.1, -0.05) is 12.1 Å². The van der Waals surface area contributed by atoms with E-state index in [1.165, 1.54) is 31.4 Å². The summed E-state index contributed by atoms with van der Waals surface area (Å²) in [5, 5.41) is 0. The quantitative estimate of drug-likeness (QED) is 0.724. The Hall–Kier alpha value is -1.29. The lowest BCUT2D eigenvalue weighted by molar-refractivity contribution is -0.111. The van der Waals surface area contributed by atoms with E-state index < -0.39 is 0 Å². The lowest BCUT2D eigenvalue weighted by Gasteiger charge is -2.31. The van der Waals surface area contributed by atoms with Crippen molar-refractivity contribution in [1.82, 2.24) is 0 Å². The van der Waals surface area contributed by atoms with Gasteiger partial charge in [0.25, 0.3) is 5.91 Å². The molecule has 0 aromatic heterocycles. The van der Waals surface area contributed by atoms with Gasteiger partial charge in [-0.2, -0.15) is 0 Å². The summed E-state index contributed by atoms with van der Waals surface area (Å²) in [5.41, 5.74) is 4.34. The lowest BCUT2D eigenvalue weighted by Crippen LogP contribution is -2.35. The van der Waals surface area contributed by atoms with E-state index in [1.807, 2.05) is 6.07 Å². The lowest BCUT2D eigenvalue weighted by atomic mass is 9.91. The van der Waals surface area contributed by atoms with Gasteiger partial charge in [0.1, 0.15) is 0 Å². The smallest absolute Gasteiger partial charge is 0.268 e. The van der Waals surface area contributed by atoms with E-state index in [9.17, 15) is 4.79 Å². The highest BCUT2D eigenvalue weighted by Gasteiger charge is 2.46. The molecule has 0 radical (unpaired) electrons. The van der Waals surface area contributed by atoms with Crippen molar-refractivity contribution in [2.45, 2.75) is 31.7 Å². The average molecular weight is 345 g/mol. The van der Waals surface area contributed by atoms with Crippen LogP contribution in [-0.2, 0) is 4.79 Å². The minimum absolute atomic E-state index is 0.101. The molecule has 3 heterocycles. The van der Waals surface area contributed by atoms with Crippen LogP contribution < -0.4 is 8.83 Å². The molecule has 4 aliphatic rings. The topological polar surface area (TPSA) is 23.6 Å². The molecule has 3 aliphatic heterocycles. The molecule has 1 saturated carbocycles. The van der Waals surface area contributed by atoms with Crippen LogP contribution in [0.3, 0.4) is 0 Å².